The van der Waals surface area contributed by atoms with Gasteiger partial charge in [-0.15, -0.1) is 0 Å². The molecular weight excluding hydrogens is 215 g/mol. The molecule has 0 aliphatic heterocycles. The largest absolute Gasteiger partial charge is 0.277 e. The van der Waals surface area contributed by atoms with Crippen LogP contribution in [-0.4, -0.2) is 0 Å². The number of hydrazine groups is 1. The summed E-state index contributed by atoms with van der Waals surface area (Å²) in [5.74, 6) is 5.61. The van der Waals surface area contributed by atoms with Crippen molar-refractivity contribution < 1.29 is 4.39 Å². The van der Waals surface area contributed by atoms with Gasteiger partial charge in [0, 0.05) is 0 Å². The summed E-state index contributed by atoms with van der Waals surface area (Å²) in [6, 6.07) is 14.3. The minimum Gasteiger partial charge on any atom is -0.277 e. The molecule has 17 heavy (non-hydrogen) atoms. The van der Waals surface area contributed by atoms with Crippen LogP contribution < -0.4 is 10.9 Å². The van der Waals surface area contributed by atoms with Crippen molar-refractivity contribution in [3.8, 4) is 0 Å². The van der Waals surface area contributed by atoms with Crippen LogP contribution in [0.5, 0.6) is 0 Å². The number of rotatable bonds is 3. The van der Waals surface area contributed by atoms with Gasteiger partial charge >= 0.3 is 0 Å². The maximum absolute atomic E-state index is 13.6. The summed E-state index contributed by atoms with van der Waals surface area (Å²) in [5.41, 5.74) is 2.34. The summed E-state index contributed by atoms with van der Waals surface area (Å²) in [7, 11) is 0. The minimum absolute atomic E-state index is 0.322. The van der Waals surface area contributed by atoms with Gasteiger partial charge in [-0.3, -0.25) is 5.01 Å². The maximum atomic E-state index is 13.6. The lowest BCUT2D eigenvalue weighted by molar-refractivity contribution is 0.626. The molecule has 0 aliphatic carbocycles. The lowest BCUT2D eigenvalue weighted by atomic mass is 10.1. The van der Waals surface area contributed by atoms with Crippen molar-refractivity contribution in [2.45, 2.75) is 13.3 Å². The lowest BCUT2D eigenvalue weighted by Gasteiger charge is -2.19. The second-order valence-corrected chi connectivity index (χ2v) is 3.84. The Morgan fingerprint density at radius 3 is 2.59 bits per heavy atom. The molecule has 2 aromatic rings. The number of benzene rings is 2. The minimum atomic E-state index is -0.322. The van der Waals surface area contributed by atoms with Crippen molar-refractivity contribution in [3.63, 3.8) is 0 Å². The standard InChI is InChI=1S/C14H15FN2/c1-2-11-6-5-7-12(10-11)17(16)14-9-4-3-8-13(14)15/h3-10H,2,16H2,1H3. The summed E-state index contributed by atoms with van der Waals surface area (Å²) in [6.07, 6.45) is 0.930. The van der Waals surface area contributed by atoms with Gasteiger partial charge in [0.2, 0.25) is 0 Å². The van der Waals surface area contributed by atoms with Gasteiger partial charge in [-0.05, 0) is 36.2 Å². The molecule has 2 nitrogen and oxygen atoms in total. The molecule has 0 aliphatic rings. The van der Waals surface area contributed by atoms with Gasteiger partial charge in [-0.1, -0.05) is 31.2 Å². The zero-order valence-corrected chi connectivity index (χ0v) is 9.73. The van der Waals surface area contributed by atoms with Crippen molar-refractivity contribution in [1.82, 2.24) is 0 Å². The third-order valence-corrected chi connectivity index (χ3v) is 2.71. The van der Waals surface area contributed by atoms with Gasteiger partial charge in [0.1, 0.15) is 5.82 Å². The lowest BCUT2D eigenvalue weighted by Crippen LogP contribution is -2.25. The first-order chi connectivity index (χ1) is 8.22. The Morgan fingerprint density at radius 2 is 1.88 bits per heavy atom. The molecule has 2 aromatic carbocycles. The number of aryl methyl sites for hydroxylation is 1. The number of nitrogens with two attached hydrogens (primary N) is 1. The first-order valence-electron chi connectivity index (χ1n) is 5.60. The summed E-state index contributed by atoms with van der Waals surface area (Å²) in [4.78, 5) is 0. The Hall–Kier alpha value is -1.87. The fourth-order valence-corrected chi connectivity index (χ4v) is 1.71. The van der Waals surface area contributed by atoms with Gasteiger partial charge in [0.15, 0.2) is 0 Å². The first kappa shape index (κ1) is 11.6. The molecule has 0 saturated carbocycles. The highest BCUT2D eigenvalue weighted by Crippen LogP contribution is 2.24. The molecule has 0 saturated heterocycles. The predicted octanol–water partition coefficient (Wildman–Crippen LogP) is 3.40. The van der Waals surface area contributed by atoms with E-state index in [9.17, 15) is 4.39 Å². The van der Waals surface area contributed by atoms with Crippen LogP contribution in [0.15, 0.2) is 48.5 Å². The van der Waals surface area contributed by atoms with E-state index in [2.05, 4.69) is 6.92 Å². The van der Waals surface area contributed by atoms with E-state index in [1.54, 1.807) is 18.2 Å². The van der Waals surface area contributed by atoms with Gasteiger partial charge in [0.25, 0.3) is 0 Å². The normalized spacial score (nSPS) is 10.3. The van der Waals surface area contributed by atoms with Crippen LogP contribution >= 0.6 is 0 Å². The monoisotopic (exact) mass is 230 g/mol. The van der Waals surface area contributed by atoms with Crippen molar-refractivity contribution in [2.75, 3.05) is 5.01 Å². The third-order valence-electron chi connectivity index (χ3n) is 2.71. The highest BCUT2D eigenvalue weighted by atomic mass is 19.1. The zero-order valence-electron chi connectivity index (χ0n) is 9.73. The quantitative estimate of drug-likeness (QED) is 0.646. The smallest absolute Gasteiger partial charge is 0.148 e. The van der Waals surface area contributed by atoms with Crippen LogP contribution in [0.3, 0.4) is 0 Å². The van der Waals surface area contributed by atoms with Crippen molar-refractivity contribution in [2.24, 2.45) is 5.84 Å². The average molecular weight is 230 g/mol. The van der Waals surface area contributed by atoms with Crippen LogP contribution in [0.2, 0.25) is 0 Å². The molecule has 0 heterocycles. The number of anilines is 2. The summed E-state index contributed by atoms with van der Waals surface area (Å²) >= 11 is 0. The molecule has 0 spiro atoms. The van der Waals surface area contributed by atoms with Crippen LogP contribution in [-0.2, 0) is 6.42 Å². The Kier molecular flexibility index (Phi) is 3.40. The SMILES string of the molecule is CCc1cccc(N(N)c2ccccc2F)c1. The van der Waals surface area contributed by atoms with E-state index in [1.165, 1.54) is 16.6 Å². The molecule has 0 amide bonds. The molecule has 0 atom stereocenters. The Labute approximate surface area is 100 Å². The summed E-state index contributed by atoms with van der Waals surface area (Å²) in [5, 5.41) is 1.37. The number of halogens is 1. The van der Waals surface area contributed by atoms with Gasteiger partial charge in [-0.25, -0.2) is 10.2 Å². The second kappa shape index (κ2) is 4.97. The molecule has 3 heteroatoms. The highest BCUT2D eigenvalue weighted by molar-refractivity contribution is 5.62. The molecular formula is C14H15FN2. The second-order valence-electron chi connectivity index (χ2n) is 3.84. The summed E-state index contributed by atoms with van der Waals surface area (Å²) < 4.78 is 13.6. The Balaban J connectivity index is 2.37. The molecule has 0 fully saturated rings. The van der Waals surface area contributed by atoms with Gasteiger partial charge in [0.05, 0.1) is 11.4 Å². The molecule has 88 valence electrons. The van der Waals surface area contributed by atoms with E-state index in [1.807, 2.05) is 24.3 Å². The molecule has 0 radical (unpaired) electrons. The van der Waals surface area contributed by atoms with Crippen LogP contribution in [0.25, 0.3) is 0 Å². The van der Waals surface area contributed by atoms with Crippen molar-refractivity contribution in [1.29, 1.82) is 0 Å². The average Bonchev–Trinajstić information content (AvgIpc) is 2.38. The Morgan fingerprint density at radius 1 is 1.12 bits per heavy atom. The van der Waals surface area contributed by atoms with Crippen molar-refractivity contribution in [3.05, 3.63) is 59.9 Å². The van der Waals surface area contributed by atoms with E-state index < -0.39 is 0 Å². The van der Waals surface area contributed by atoms with E-state index in [0.717, 1.165) is 12.1 Å². The zero-order chi connectivity index (χ0) is 12.3. The number of hydrogen-bond donors (Lipinski definition) is 1. The number of nitrogens with zero attached hydrogens (tertiary/aromatic N) is 1. The van der Waals surface area contributed by atoms with E-state index >= 15 is 0 Å². The van der Waals surface area contributed by atoms with Gasteiger partial charge in [-0.2, -0.15) is 0 Å². The topological polar surface area (TPSA) is 29.3 Å². The predicted molar refractivity (Wildman–Crippen MR) is 68.5 cm³/mol. The Bertz CT molecular complexity index is 511. The molecule has 0 aromatic heterocycles. The third kappa shape index (κ3) is 2.45. The van der Waals surface area contributed by atoms with E-state index in [-0.39, 0.29) is 5.82 Å². The van der Waals surface area contributed by atoms with E-state index in [4.69, 9.17) is 5.84 Å². The fraction of sp³-hybridized carbons (Fsp3) is 0.143. The molecule has 2 N–H and O–H groups in total. The summed E-state index contributed by atoms with van der Waals surface area (Å²) in [6.45, 7) is 2.07. The molecule has 0 bridgehead atoms. The molecule has 0 unspecified atom stereocenters. The fourth-order valence-electron chi connectivity index (χ4n) is 1.71. The number of para-hydroxylation sites is 1. The van der Waals surface area contributed by atoms with Crippen molar-refractivity contribution >= 4 is 11.4 Å². The number of hydrogen-bond acceptors (Lipinski definition) is 2. The maximum Gasteiger partial charge on any atom is 0.148 e. The van der Waals surface area contributed by atoms with Crippen LogP contribution in [0.1, 0.15) is 12.5 Å². The van der Waals surface area contributed by atoms with E-state index in [0.29, 0.717) is 5.69 Å². The first-order valence-corrected chi connectivity index (χ1v) is 5.60. The van der Waals surface area contributed by atoms with Crippen LogP contribution in [0, 0.1) is 5.82 Å². The molecule has 2 rings (SSSR count). The van der Waals surface area contributed by atoms with Gasteiger partial charge < -0.3 is 0 Å². The highest BCUT2D eigenvalue weighted by Gasteiger charge is 2.09. The van der Waals surface area contributed by atoms with Crippen LogP contribution in [0.4, 0.5) is 15.8 Å².